The van der Waals surface area contributed by atoms with Crippen LogP contribution >= 0.6 is 11.8 Å². The average Bonchev–Trinajstić information content (AvgIpc) is 3.24. The molecule has 0 amide bonds. The largest absolute Gasteiger partial charge is 0.478 e. The zero-order valence-corrected chi connectivity index (χ0v) is 15.6. The molecule has 1 aromatic rings. The number of aliphatic hydroxyl groups excluding tert-OH is 1. The van der Waals surface area contributed by atoms with Crippen molar-refractivity contribution in [3.63, 3.8) is 0 Å². The fourth-order valence-corrected chi connectivity index (χ4v) is 4.81. The molecule has 26 heavy (non-hydrogen) atoms. The minimum atomic E-state index is -0.894. The number of carboxylic acid groups (broad SMARTS) is 1. The van der Waals surface area contributed by atoms with Gasteiger partial charge >= 0.3 is 5.97 Å². The van der Waals surface area contributed by atoms with Crippen LogP contribution in [0.15, 0.2) is 54.6 Å². The van der Waals surface area contributed by atoms with Gasteiger partial charge in [0, 0.05) is 17.7 Å². The van der Waals surface area contributed by atoms with Crippen molar-refractivity contribution in [3.05, 3.63) is 60.2 Å². The first-order valence-electron chi connectivity index (χ1n) is 9.19. The van der Waals surface area contributed by atoms with Crippen molar-refractivity contribution < 1.29 is 19.7 Å². The molecule has 0 radical (unpaired) electrons. The molecule has 5 heteroatoms. The SMILES string of the molecule is O=C(O)C=CCSCC[C@@H]1[C@H](C=CC(O)c2ccccc2)[C@@H]2CC[C@H]1O2. The van der Waals surface area contributed by atoms with E-state index in [1.54, 1.807) is 17.8 Å². The molecule has 1 unspecified atom stereocenters. The second-order valence-corrected chi connectivity index (χ2v) is 8.03. The topological polar surface area (TPSA) is 66.8 Å². The second kappa shape index (κ2) is 9.40. The minimum Gasteiger partial charge on any atom is -0.478 e. The van der Waals surface area contributed by atoms with Crippen LogP contribution in [0.3, 0.4) is 0 Å². The molecule has 2 fully saturated rings. The van der Waals surface area contributed by atoms with Crippen LogP contribution in [0.4, 0.5) is 0 Å². The highest BCUT2D eigenvalue weighted by Crippen LogP contribution is 2.46. The lowest BCUT2D eigenvalue weighted by Gasteiger charge is -2.25. The van der Waals surface area contributed by atoms with Gasteiger partial charge in [0.15, 0.2) is 0 Å². The molecule has 0 aliphatic carbocycles. The van der Waals surface area contributed by atoms with E-state index in [9.17, 15) is 9.90 Å². The number of aliphatic hydroxyl groups is 1. The lowest BCUT2D eigenvalue weighted by atomic mass is 9.77. The lowest BCUT2D eigenvalue weighted by Crippen LogP contribution is -2.26. The Hall–Kier alpha value is -1.56. The van der Waals surface area contributed by atoms with Crippen molar-refractivity contribution in [1.82, 2.24) is 0 Å². The van der Waals surface area contributed by atoms with Gasteiger partial charge in [-0.2, -0.15) is 11.8 Å². The molecule has 2 bridgehead atoms. The fourth-order valence-electron chi connectivity index (χ4n) is 3.97. The van der Waals surface area contributed by atoms with Crippen molar-refractivity contribution >= 4 is 17.7 Å². The molecule has 3 rings (SSSR count). The fraction of sp³-hybridized carbons (Fsp3) is 0.476. The van der Waals surface area contributed by atoms with E-state index in [1.165, 1.54) is 6.08 Å². The molecular formula is C21H26O4S. The Morgan fingerprint density at radius 2 is 2.04 bits per heavy atom. The number of fused-ring (bicyclic) bond motifs is 2. The summed E-state index contributed by atoms with van der Waals surface area (Å²) in [6.45, 7) is 0. The number of benzene rings is 1. The van der Waals surface area contributed by atoms with Gasteiger partial charge in [-0.05, 0) is 36.5 Å². The van der Waals surface area contributed by atoms with Gasteiger partial charge in [0.1, 0.15) is 0 Å². The summed E-state index contributed by atoms with van der Waals surface area (Å²) < 4.78 is 6.11. The summed E-state index contributed by atoms with van der Waals surface area (Å²) >= 11 is 1.75. The molecular weight excluding hydrogens is 348 g/mol. The Balaban J connectivity index is 1.52. The third kappa shape index (κ3) is 5.00. The summed E-state index contributed by atoms with van der Waals surface area (Å²) in [5.74, 6) is 1.68. The highest BCUT2D eigenvalue weighted by atomic mass is 32.2. The minimum absolute atomic E-state index is 0.279. The van der Waals surface area contributed by atoms with Gasteiger partial charge in [-0.25, -0.2) is 4.79 Å². The van der Waals surface area contributed by atoms with Gasteiger partial charge in [0.25, 0.3) is 0 Å². The van der Waals surface area contributed by atoms with Gasteiger partial charge in [-0.1, -0.05) is 48.6 Å². The summed E-state index contributed by atoms with van der Waals surface area (Å²) in [4.78, 5) is 10.5. The van der Waals surface area contributed by atoms with Crippen LogP contribution in [0.2, 0.25) is 0 Å². The van der Waals surface area contributed by atoms with E-state index in [1.807, 2.05) is 36.4 Å². The molecule has 0 spiro atoms. The van der Waals surface area contributed by atoms with Crippen molar-refractivity contribution in [2.75, 3.05) is 11.5 Å². The van der Waals surface area contributed by atoms with Crippen molar-refractivity contribution in [2.45, 2.75) is 37.6 Å². The van der Waals surface area contributed by atoms with Gasteiger partial charge in [0.2, 0.25) is 0 Å². The number of rotatable bonds is 9. The molecule has 0 aromatic heterocycles. The first-order chi connectivity index (χ1) is 12.6. The van der Waals surface area contributed by atoms with E-state index >= 15 is 0 Å². The Kier molecular flexibility index (Phi) is 6.94. The first-order valence-corrected chi connectivity index (χ1v) is 10.3. The van der Waals surface area contributed by atoms with Gasteiger partial charge in [-0.3, -0.25) is 0 Å². The molecule has 2 N–H and O–H groups in total. The van der Waals surface area contributed by atoms with Crippen LogP contribution < -0.4 is 0 Å². The van der Waals surface area contributed by atoms with Gasteiger partial charge in [-0.15, -0.1) is 0 Å². The number of carboxylic acids is 1. The van der Waals surface area contributed by atoms with Gasteiger partial charge in [0.05, 0.1) is 18.3 Å². The Morgan fingerprint density at radius 1 is 1.27 bits per heavy atom. The van der Waals surface area contributed by atoms with Crippen LogP contribution in [0.5, 0.6) is 0 Å². The smallest absolute Gasteiger partial charge is 0.328 e. The summed E-state index contributed by atoms with van der Waals surface area (Å²) in [5, 5.41) is 19.0. The molecule has 2 heterocycles. The maximum absolute atomic E-state index is 10.5. The monoisotopic (exact) mass is 374 g/mol. The third-order valence-corrected chi connectivity index (χ3v) is 6.17. The van der Waals surface area contributed by atoms with Gasteiger partial charge < -0.3 is 14.9 Å². The van der Waals surface area contributed by atoms with Crippen LogP contribution in [0, 0.1) is 11.8 Å². The quantitative estimate of drug-likeness (QED) is 0.391. The number of hydrogen-bond acceptors (Lipinski definition) is 4. The highest BCUT2D eigenvalue weighted by molar-refractivity contribution is 7.99. The van der Waals surface area contributed by atoms with E-state index in [2.05, 4.69) is 6.08 Å². The molecule has 4 nitrogen and oxygen atoms in total. The zero-order chi connectivity index (χ0) is 18.4. The van der Waals surface area contributed by atoms with Crippen LogP contribution in [0.1, 0.15) is 30.9 Å². The number of aliphatic carboxylic acids is 1. The average molecular weight is 375 g/mol. The molecule has 2 aliphatic rings. The van der Waals surface area contributed by atoms with E-state index in [0.717, 1.165) is 36.3 Å². The Labute approximate surface area is 159 Å². The standard InChI is InChI=1S/C21H26O4S/c22-18(15-5-2-1-3-6-15)9-8-16-17(20-11-10-19(16)25-20)12-14-26-13-4-7-21(23)24/h1-9,16-20,22H,10-14H2,(H,23,24)/t16-,17+,18?,19-,20+/m0/s1. The molecule has 2 aliphatic heterocycles. The number of ether oxygens (including phenoxy) is 1. The highest BCUT2D eigenvalue weighted by Gasteiger charge is 2.47. The maximum Gasteiger partial charge on any atom is 0.328 e. The van der Waals surface area contributed by atoms with Crippen molar-refractivity contribution in [3.8, 4) is 0 Å². The molecule has 0 saturated carbocycles. The summed E-state index contributed by atoms with van der Waals surface area (Å²) in [7, 11) is 0. The van der Waals surface area contributed by atoms with E-state index in [0.29, 0.717) is 17.9 Å². The van der Waals surface area contributed by atoms with Crippen LogP contribution in [-0.2, 0) is 9.53 Å². The zero-order valence-electron chi connectivity index (χ0n) is 14.7. The van der Waals surface area contributed by atoms with Crippen molar-refractivity contribution in [2.24, 2.45) is 11.8 Å². The molecule has 1 aromatic carbocycles. The van der Waals surface area contributed by atoms with Crippen molar-refractivity contribution in [1.29, 1.82) is 0 Å². The first kappa shape index (κ1) is 19.2. The summed E-state index contributed by atoms with van der Waals surface area (Å²) in [5.41, 5.74) is 0.908. The molecule has 5 atom stereocenters. The van der Waals surface area contributed by atoms with E-state index in [-0.39, 0.29) is 6.10 Å². The number of thioether (sulfide) groups is 1. The number of carbonyl (C=O) groups is 1. The summed E-state index contributed by atoms with van der Waals surface area (Å²) in [6, 6.07) is 9.69. The van der Waals surface area contributed by atoms with Crippen LogP contribution in [0.25, 0.3) is 0 Å². The molecule has 140 valence electrons. The van der Waals surface area contributed by atoms with E-state index < -0.39 is 12.1 Å². The third-order valence-electron chi connectivity index (χ3n) is 5.21. The Morgan fingerprint density at radius 3 is 2.81 bits per heavy atom. The summed E-state index contributed by atoms with van der Waals surface area (Å²) in [6.07, 6.45) is 10.3. The number of hydrogen-bond donors (Lipinski definition) is 2. The molecule has 2 saturated heterocycles. The van der Waals surface area contributed by atoms with Crippen LogP contribution in [-0.4, -0.2) is 39.9 Å². The predicted octanol–water partition coefficient (Wildman–Crippen LogP) is 3.83. The Bertz CT molecular complexity index is 643. The lowest BCUT2D eigenvalue weighted by molar-refractivity contribution is -0.131. The normalized spacial score (nSPS) is 29.0. The maximum atomic E-state index is 10.5. The second-order valence-electron chi connectivity index (χ2n) is 6.88. The van der Waals surface area contributed by atoms with E-state index in [4.69, 9.17) is 9.84 Å². The predicted molar refractivity (Wildman–Crippen MR) is 104 cm³/mol.